The van der Waals surface area contributed by atoms with Crippen LogP contribution in [0.2, 0.25) is 0 Å². The van der Waals surface area contributed by atoms with E-state index in [-0.39, 0.29) is 12.3 Å². The first-order valence-corrected chi connectivity index (χ1v) is 6.40. The van der Waals surface area contributed by atoms with Gasteiger partial charge in [-0.15, -0.1) is 0 Å². The maximum atomic E-state index is 11.9. The Labute approximate surface area is 118 Å². The number of nitrogens with zero attached hydrogens (tertiary/aromatic N) is 2. The van der Waals surface area contributed by atoms with E-state index in [9.17, 15) is 10.1 Å². The lowest BCUT2D eigenvalue weighted by Crippen LogP contribution is -2.24. The van der Waals surface area contributed by atoms with E-state index in [1.54, 1.807) is 12.4 Å². The van der Waals surface area contributed by atoms with Crippen LogP contribution in [-0.4, -0.2) is 10.9 Å². The summed E-state index contributed by atoms with van der Waals surface area (Å²) in [5.41, 5.74) is 1.81. The van der Waals surface area contributed by atoms with Crippen LogP contribution in [0.15, 0.2) is 54.9 Å². The lowest BCUT2D eigenvalue weighted by Gasteiger charge is -2.10. The highest BCUT2D eigenvalue weighted by molar-refractivity contribution is 5.77. The molecule has 2 rings (SSSR count). The van der Waals surface area contributed by atoms with Gasteiger partial charge in [-0.05, 0) is 17.2 Å². The molecule has 0 fully saturated rings. The van der Waals surface area contributed by atoms with Gasteiger partial charge in [-0.2, -0.15) is 5.26 Å². The zero-order chi connectivity index (χ0) is 14.2. The number of pyridine rings is 1. The molecule has 0 spiro atoms. The Kier molecular flexibility index (Phi) is 4.85. The smallest absolute Gasteiger partial charge is 0.221 e. The van der Waals surface area contributed by atoms with E-state index in [4.69, 9.17) is 0 Å². The lowest BCUT2D eigenvalue weighted by atomic mass is 9.97. The molecular weight excluding hydrogens is 250 g/mol. The van der Waals surface area contributed by atoms with Gasteiger partial charge in [-0.3, -0.25) is 9.78 Å². The number of amides is 1. The monoisotopic (exact) mass is 265 g/mol. The summed E-state index contributed by atoms with van der Waals surface area (Å²) in [7, 11) is 0. The average Bonchev–Trinajstić information content (AvgIpc) is 2.52. The Morgan fingerprint density at radius 1 is 1.25 bits per heavy atom. The van der Waals surface area contributed by atoms with E-state index in [1.165, 1.54) is 0 Å². The standard InChI is InChI=1S/C16H15N3O/c17-10-15(14-6-2-1-3-7-14)9-16(20)19-12-13-5-4-8-18-11-13/h1-8,11,15H,9,12H2,(H,19,20). The van der Waals surface area contributed by atoms with Crippen molar-refractivity contribution in [3.63, 3.8) is 0 Å². The van der Waals surface area contributed by atoms with Crippen molar-refractivity contribution in [1.29, 1.82) is 5.26 Å². The highest BCUT2D eigenvalue weighted by atomic mass is 16.1. The number of carbonyl (C=O) groups excluding carboxylic acids is 1. The maximum absolute atomic E-state index is 11.9. The summed E-state index contributed by atoms with van der Waals surface area (Å²) in [6, 6.07) is 15.2. The molecule has 1 atom stereocenters. The van der Waals surface area contributed by atoms with Crippen LogP contribution in [-0.2, 0) is 11.3 Å². The van der Waals surface area contributed by atoms with Crippen molar-refractivity contribution >= 4 is 5.91 Å². The van der Waals surface area contributed by atoms with Gasteiger partial charge in [0.15, 0.2) is 0 Å². The van der Waals surface area contributed by atoms with E-state index in [2.05, 4.69) is 16.4 Å². The molecule has 100 valence electrons. The molecule has 0 aliphatic carbocycles. The number of hydrogen-bond donors (Lipinski definition) is 1. The minimum Gasteiger partial charge on any atom is -0.352 e. The van der Waals surface area contributed by atoms with E-state index >= 15 is 0 Å². The SMILES string of the molecule is N#CC(CC(=O)NCc1cccnc1)c1ccccc1. The first kappa shape index (κ1) is 13.8. The van der Waals surface area contributed by atoms with Gasteiger partial charge >= 0.3 is 0 Å². The second kappa shape index (κ2) is 7.05. The molecule has 1 aromatic heterocycles. The largest absolute Gasteiger partial charge is 0.352 e. The van der Waals surface area contributed by atoms with Crippen LogP contribution >= 0.6 is 0 Å². The minimum atomic E-state index is -0.412. The minimum absolute atomic E-state index is 0.135. The number of aromatic nitrogens is 1. The van der Waals surface area contributed by atoms with Crippen molar-refractivity contribution < 1.29 is 4.79 Å². The molecule has 20 heavy (non-hydrogen) atoms. The normalized spacial score (nSPS) is 11.3. The number of hydrogen-bond acceptors (Lipinski definition) is 3. The molecule has 0 aliphatic rings. The van der Waals surface area contributed by atoms with Crippen LogP contribution in [0, 0.1) is 11.3 Å². The first-order chi connectivity index (χ1) is 9.79. The Morgan fingerprint density at radius 3 is 2.70 bits per heavy atom. The average molecular weight is 265 g/mol. The van der Waals surface area contributed by atoms with Gasteiger partial charge in [0.05, 0.1) is 12.0 Å². The highest BCUT2D eigenvalue weighted by Crippen LogP contribution is 2.18. The molecule has 4 heteroatoms. The first-order valence-electron chi connectivity index (χ1n) is 6.40. The van der Waals surface area contributed by atoms with E-state index in [0.717, 1.165) is 11.1 Å². The predicted molar refractivity (Wildman–Crippen MR) is 75.5 cm³/mol. The zero-order valence-electron chi connectivity index (χ0n) is 11.0. The van der Waals surface area contributed by atoms with Crippen LogP contribution in [0.4, 0.5) is 0 Å². The third kappa shape index (κ3) is 3.92. The summed E-state index contributed by atoms with van der Waals surface area (Å²) >= 11 is 0. The van der Waals surface area contributed by atoms with Crippen LogP contribution in [0.5, 0.6) is 0 Å². The van der Waals surface area contributed by atoms with Crippen molar-refractivity contribution in [2.75, 3.05) is 0 Å². The molecule has 0 bridgehead atoms. The molecule has 0 radical (unpaired) electrons. The Bertz CT molecular complexity index is 590. The molecule has 0 saturated carbocycles. The number of nitrogens with one attached hydrogen (secondary N) is 1. The Morgan fingerprint density at radius 2 is 2.05 bits per heavy atom. The summed E-state index contributed by atoms with van der Waals surface area (Å²) in [5, 5.41) is 12.0. The molecule has 1 aromatic carbocycles. The van der Waals surface area contributed by atoms with E-state index < -0.39 is 5.92 Å². The van der Waals surface area contributed by atoms with Crippen LogP contribution in [0.3, 0.4) is 0 Å². The van der Waals surface area contributed by atoms with E-state index in [1.807, 2.05) is 42.5 Å². The summed E-state index contributed by atoms with van der Waals surface area (Å²) < 4.78 is 0. The van der Waals surface area contributed by atoms with Crippen molar-refractivity contribution in [3.8, 4) is 6.07 Å². The van der Waals surface area contributed by atoms with Gasteiger partial charge < -0.3 is 5.32 Å². The lowest BCUT2D eigenvalue weighted by molar-refractivity contribution is -0.121. The summed E-state index contributed by atoms with van der Waals surface area (Å²) in [4.78, 5) is 15.9. The molecule has 1 N–H and O–H groups in total. The number of benzene rings is 1. The van der Waals surface area contributed by atoms with Gasteiger partial charge in [0.2, 0.25) is 5.91 Å². The maximum Gasteiger partial charge on any atom is 0.221 e. The van der Waals surface area contributed by atoms with E-state index in [0.29, 0.717) is 6.54 Å². The second-order valence-electron chi connectivity index (χ2n) is 4.43. The fourth-order valence-corrected chi connectivity index (χ4v) is 1.88. The van der Waals surface area contributed by atoms with Gasteiger partial charge in [-0.25, -0.2) is 0 Å². The van der Waals surface area contributed by atoms with Gasteiger partial charge in [0, 0.05) is 25.4 Å². The quantitative estimate of drug-likeness (QED) is 0.902. The molecule has 0 saturated heterocycles. The topological polar surface area (TPSA) is 65.8 Å². The third-order valence-corrected chi connectivity index (χ3v) is 2.96. The molecule has 1 heterocycles. The molecule has 1 amide bonds. The van der Waals surface area contributed by atoms with Gasteiger partial charge in [0.1, 0.15) is 0 Å². The zero-order valence-corrected chi connectivity index (χ0v) is 11.0. The summed E-state index contributed by atoms with van der Waals surface area (Å²) in [6.45, 7) is 0.430. The highest BCUT2D eigenvalue weighted by Gasteiger charge is 2.14. The summed E-state index contributed by atoms with van der Waals surface area (Å²) in [5.74, 6) is -0.547. The fraction of sp³-hybridized carbons (Fsp3) is 0.188. The summed E-state index contributed by atoms with van der Waals surface area (Å²) in [6.07, 6.45) is 3.56. The third-order valence-electron chi connectivity index (χ3n) is 2.96. The predicted octanol–water partition coefficient (Wildman–Crippen LogP) is 2.40. The molecular formula is C16H15N3O. The van der Waals surface area contributed by atoms with Gasteiger partial charge in [-0.1, -0.05) is 36.4 Å². The van der Waals surface area contributed by atoms with Crippen molar-refractivity contribution in [1.82, 2.24) is 10.3 Å². The molecule has 2 aromatic rings. The number of nitriles is 1. The van der Waals surface area contributed by atoms with Crippen LogP contribution < -0.4 is 5.32 Å². The van der Waals surface area contributed by atoms with Crippen LogP contribution in [0.25, 0.3) is 0 Å². The van der Waals surface area contributed by atoms with Crippen molar-refractivity contribution in [2.24, 2.45) is 0 Å². The van der Waals surface area contributed by atoms with Crippen LogP contribution in [0.1, 0.15) is 23.5 Å². The molecule has 0 aliphatic heterocycles. The van der Waals surface area contributed by atoms with Crippen molar-refractivity contribution in [2.45, 2.75) is 18.9 Å². The number of rotatable bonds is 5. The molecule has 4 nitrogen and oxygen atoms in total. The van der Waals surface area contributed by atoms with Crippen molar-refractivity contribution in [3.05, 3.63) is 66.0 Å². The van der Waals surface area contributed by atoms with Gasteiger partial charge in [0.25, 0.3) is 0 Å². The second-order valence-corrected chi connectivity index (χ2v) is 4.43. The number of carbonyl (C=O) groups is 1. The fourth-order valence-electron chi connectivity index (χ4n) is 1.88. The Balaban J connectivity index is 1.89. The Hall–Kier alpha value is -2.67. The molecule has 1 unspecified atom stereocenters.